The standard InChI is InChI=1S/C12H12Cl2N2O3S/c1-8-6-9(16-19-8)4-5-15-20(17,18)10-2-3-11(13)12(14)7-10/h2-3,6-7,15H,4-5H2,1H3. The quantitative estimate of drug-likeness (QED) is 0.912. The van der Waals surface area contributed by atoms with Crippen LogP contribution in [0.5, 0.6) is 0 Å². The number of nitrogens with zero attached hydrogens (tertiary/aromatic N) is 1. The van der Waals surface area contributed by atoms with Crippen LogP contribution in [0.1, 0.15) is 11.5 Å². The summed E-state index contributed by atoms with van der Waals surface area (Å²) in [4.78, 5) is 0.0724. The molecule has 1 aromatic carbocycles. The highest BCUT2D eigenvalue weighted by molar-refractivity contribution is 7.89. The van der Waals surface area contributed by atoms with Crippen molar-refractivity contribution in [3.63, 3.8) is 0 Å². The van der Waals surface area contributed by atoms with Crippen molar-refractivity contribution in [2.45, 2.75) is 18.2 Å². The van der Waals surface area contributed by atoms with Crippen molar-refractivity contribution in [1.29, 1.82) is 0 Å². The van der Waals surface area contributed by atoms with E-state index < -0.39 is 10.0 Å². The summed E-state index contributed by atoms with van der Waals surface area (Å²) in [5.74, 6) is 0.687. The number of sulfonamides is 1. The second-order valence-electron chi connectivity index (χ2n) is 4.15. The SMILES string of the molecule is Cc1cc(CCNS(=O)(=O)c2ccc(Cl)c(Cl)c2)no1. The molecule has 0 amide bonds. The van der Waals surface area contributed by atoms with Crippen LogP contribution in [0.15, 0.2) is 33.7 Å². The third-order valence-electron chi connectivity index (χ3n) is 2.55. The molecular weight excluding hydrogens is 323 g/mol. The van der Waals surface area contributed by atoms with Gasteiger partial charge in [0.2, 0.25) is 10.0 Å². The van der Waals surface area contributed by atoms with Crippen molar-refractivity contribution in [3.05, 3.63) is 45.8 Å². The molecule has 0 saturated heterocycles. The van der Waals surface area contributed by atoms with Gasteiger partial charge in [-0.3, -0.25) is 0 Å². The molecule has 0 spiro atoms. The van der Waals surface area contributed by atoms with Gasteiger partial charge in [-0.05, 0) is 25.1 Å². The molecule has 0 radical (unpaired) electrons. The van der Waals surface area contributed by atoms with E-state index in [1.54, 1.807) is 13.0 Å². The first-order valence-electron chi connectivity index (χ1n) is 5.75. The first-order valence-corrected chi connectivity index (χ1v) is 7.99. The molecule has 2 aromatic rings. The average Bonchev–Trinajstić information content (AvgIpc) is 2.78. The number of benzene rings is 1. The van der Waals surface area contributed by atoms with Gasteiger partial charge in [-0.15, -0.1) is 0 Å². The zero-order valence-electron chi connectivity index (χ0n) is 10.6. The Morgan fingerprint density at radius 3 is 2.60 bits per heavy atom. The van der Waals surface area contributed by atoms with Crippen LogP contribution < -0.4 is 4.72 Å². The molecule has 5 nitrogen and oxygen atoms in total. The summed E-state index contributed by atoms with van der Waals surface area (Å²) in [5.41, 5.74) is 0.694. The summed E-state index contributed by atoms with van der Waals surface area (Å²) >= 11 is 11.6. The monoisotopic (exact) mass is 334 g/mol. The molecule has 1 aromatic heterocycles. The minimum absolute atomic E-state index is 0.0724. The molecule has 2 rings (SSSR count). The van der Waals surface area contributed by atoms with Gasteiger partial charge >= 0.3 is 0 Å². The maximum atomic E-state index is 12.0. The Morgan fingerprint density at radius 2 is 2.00 bits per heavy atom. The van der Waals surface area contributed by atoms with Crippen LogP contribution in [0.3, 0.4) is 0 Å². The molecule has 0 aliphatic heterocycles. The summed E-state index contributed by atoms with van der Waals surface area (Å²) in [5, 5.41) is 4.29. The maximum Gasteiger partial charge on any atom is 0.240 e. The Labute approximate surface area is 126 Å². The van der Waals surface area contributed by atoms with Crippen molar-refractivity contribution in [2.75, 3.05) is 6.54 Å². The van der Waals surface area contributed by atoms with Gasteiger partial charge in [0.15, 0.2) is 0 Å². The molecule has 1 N–H and O–H groups in total. The predicted molar refractivity (Wildman–Crippen MR) is 76.6 cm³/mol. The molecule has 0 bridgehead atoms. The number of hydrogen-bond acceptors (Lipinski definition) is 4. The fourth-order valence-electron chi connectivity index (χ4n) is 1.58. The molecular formula is C12H12Cl2N2O3S. The van der Waals surface area contributed by atoms with E-state index in [-0.39, 0.29) is 16.5 Å². The second-order valence-corrected chi connectivity index (χ2v) is 6.73. The zero-order valence-corrected chi connectivity index (χ0v) is 12.9. The zero-order chi connectivity index (χ0) is 14.8. The van der Waals surface area contributed by atoms with Crippen LogP contribution in [0.25, 0.3) is 0 Å². The number of hydrogen-bond donors (Lipinski definition) is 1. The molecule has 0 aliphatic rings. The second kappa shape index (κ2) is 6.13. The van der Waals surface area contributed by atoms with E-state index in [4.69, 9.17) is 27.7 Å². The third kappa shape index (κ3) is 3.73. The molecule has 0 unspecified atom stereocenters. The van der Waals surface area contributed by atoms with E-state index in [1.165, 1.54) is 18.2 Å². The Kier molecular flexibility index (Phi) is 4.70. The van der Waals surface area contributed by atoms with Gasteiger partial charge < -0.3 is 4.52 Å². The summed E-state index contributed by atoms with van der Waals surface area (Å²) in [6.45, 7) is 1.99. The fraction of sp³-hybridized carbons (Fsp3) is 0.250. The van der Waals surface area contributed by atoms with E-state index in [9.17, 15) is 8.42 Å². The molecule has 0 atom stereocenters. The van der Waals surface area contributed by atoms with Crippen molar-refractivity contribution in [1.82, 2.24) is 9.88 Å². The third-order valence-corrected chi connectivity index (χ3v) is 4.75. The van der Waals surface area contributed by atoms with Gasteiger partial charge in [-0.1, -0.05) is 28.4 Å². The van der Waals surface area contributed by atoms with Crippen LogP contribution in [0.2, 0.25) is 10.0 Å². The van der Waals surface area contributed by atoms with Gasteiger partial charge in [0.1, 0.15) is 5.76 Å². The van der Waals surface area contributed by atoms with Crippen molar-refractivity contribution in [2.24, 2.45) is 0 Å². The topological polar surface area (TPSA) is 72.2 Å². The normalized spacial score (nSPS) is 11.8. The highest BCUT2D eigenvalue weighted by atomic mass is 35.5. The smallest absolute Gasteiger partial charge is 0.240 e. The van der Waals surface area contributed by atoms with Gasteiger partial charge in [0, 0.05) is 19.0 Å². The van der Waals surface area contributed by atoms with Gasteiger partial charge in [-0.25, -0.2) is 13.1 Å². The summed E-state index contributed by atoms with van der Waals surface area (Å²) in [6.07, 6.45) is 0.442. The lowest BCUT2D eigenvalue weighted by atomic mass is 10.3. The van der Waals surface area contributed by atoms with E-state index >= 15 is 0 Å². The van der Waals surface area contributed by atoms with Gasteiger partial charge in [-0.2, -0.15) is 0 Å². The van der Waals surface area contributed by atoms with Crippen LogP contribution >= 0.6 is 23.2 Å². The average molecular weight is 335 g/mol. The Morgan fingerprint density at radius 1 is 1.25 bits per heavy atom. The predicted octanol–water partition coefficient (Wildman–Crippen LogP) is 2.81. The summed E-state index contributed by atoms with van der Waals surface area (Å²) in [7, 11) is -3.61. The molecule has 20 heavy (non-hydrogen) atoms. The fourth-order valence-corrected chi connectivity index (χ4v) is 3.00. The van der Waals surface area contributed by atoms with Crippen LogP contribution in [0, 0.1) is 6.92 Å². The van der Waals surface area contributed by atoms with E-state index in [2.05, 4.69) is 9.88 Å². The van der Waals surface area contributed by atoms with Crippen LogP contribution in [-0.2, 0) is 16.4 Å². The number of nitrogens with one attached hydrogen (secondary N) is 1. The van der Waals surface area contributed by atoms with Crippen LogP contribution in [-0.4, -0.2) is 20.1 Å². The molecule has 0 saturated carbocycles. The summed E-state index contributed by atoms with van der Waals surface area (Å²) < 4.78 is 31.4. The minimum atomic E-state index is -3.61. The highest BCUT2D eigenvalue weighted by Crippen LogP contribution is 2.24. The molecule has 0 aliphatic carbocycles. The molecule has 108 valence electrons. The highest BCUT2D eigenvalue weighted by Gasteiger charge is 2.15. The van der Waals surface area contributed by atoms with Crippen molar-refractivity contribution in [3.8, 4) is 0 Å². The van der Waals surface area contributed by atoms with E-state index in [1.807, 2.05) is 0 Å². The first kappa shape index (κ1) is 15.3. The van der Waals surface area contributed by atoms with Gasteiger partial charge in [0.05, 0.1) is 20.6 Å². The number of halogens is 2. The van der Waals surface area contributed by atoms with Gasteiger partial charge in [0.25, 0.3) is 0 Å². The lowest BCUT2D eigenvalue weighted by Gasteiger charge is -2.06. The largest absolute Gasteiger partial charge is 0.361 e. The summed E-state index contributed by atoms with van der Waals surface area (Å²) in [6, 6.07) is 5.91. The lowest BCUT2D eigenvalue weighted by Crippen LogP contribution is -2.26. The molecule has 1 heterocycles. The minimum Gasteiger partial charge on any atom is -0.361 e. The maximum absolute atomic E-state index is 12.0. The number of aromatic nitrogens is 1. The first-order chi connectivity index (χ1) is 9.38. The molecule has 0 fully saturated rings. The Hall–Kier alpha value is -1.08. The van der Waals surface area contributed by atoms with E-state index in [0.717, 1.165) is 0 Å². The number of aryl methyl sites for hydroxylation is 1. The Balaban J connectivity index is 2.02. The Bertz CT molecular complexity index is 713. The van der Waals surface area contributed by atoms with Crippen LogP contribution in [0.4, 0.5) is 0 Å². The number of rotatable bonds is 5. The van der Waals surface area contributed by atoms with Crippen molar-refractivity contribution < 1.29 is 12.9 Å². The van der Waals surface area contributed by atoms with E-state index in [0.29, 0.717) is 22.9 Å². The lowest BCUT2D eigenvalue weighted by molar-refractivity contribution is 0.390. The van der Waals surface area contributed by atoms with Crippen molar-refractivity contribution >= 4 is 33.2 Å². The molecule has 8 heteroatoms.